The van der Waals surface area contributed by atoms with Crippen LogP contribution in [0, 0.1) is 23.7 Å². The third kappa shape index (κ3) is 2.52. The molecule has 21 heavy (non-hydrogen) atoms. The molecule has 1 amide bonds. The number of hydrogen-bond donors (Lipinski definition) is 2. The van der Waals surface area contributed by atoms with Gasteiger partial charge in [0.05, 0.1) is 17.9 Å². The van der Waals surface area contributed by atoms with Gasteiger partial charge in [-0.15, -0.1) is 0 Å². The number of nitrogens with zero attached hydrogens (tertiary/aromatic N) is 1. The van der Waals surface area contributed by atoms with Crippen molar-refractivity contribution < 1.29 is 14.7 Å². The van der Waals surface area contributed by atoms with Crippen molar-refractivity contribution in [2.75, 3.05) is 0 Å². The zero-order valence-corrected chi connectivity index (χ0v) is 12.0. The third-order valence-electron chi connectivity index (χ3n) is 5.07. The van der Waals surface area contributed by atoms with Gasteiger partial charge in [-0.05, 0) is 55.7 Å². The zero-order valence-electron chi connectivity index (χ0n) is 12.0. The Bertz CT molecular complexity index is 546. The molecule has 0 unspecified atom stereocenters. The number of amides is 1. The van der Waals surface area contributed by atoms with E-state index in [-0.39, 0.29) is 29.7 Å². The fourth-order valence-electron chi connectivity index (χ4n) is 4.07. The second-order valence-electron chi connectivity index (χ2n) is 6.23. The van der Waals surface area contributed by atoms with Crippen molar-refractivity contribution in [3.8, 4) is 0 Å². The molecule has 1 heterocycles. The van der Waals surface area contributed by atoms with Crippen LogP contribution in [-0.2, 0) is 9.59 Å². The average Bonchev–Trinajstić information content (AvgIpc) is 3.08. The lowest BCUT2D eigenvalue weighted by molar-refractivity contribution is -0.149. The highest BCUT2D eigenvalue weighted by Crippen LogP contribution is 2.52. The molecule has 5 atom stereocenters. The van der Waals surface area contributed by atoms with Crippen molar-refractivity contribution >= 4 is 11.9 Å². The summed E-state index contributed by atoms with van der Waals surface area (Å²) in [5.74, 6) is -1.39. The summed E-state index contributed by atoms with van der Waals surface area (Å²) in [6, 6.07) is 3.59. The van der Waals surface area contributed by atoms with Crippen LogP contribution in [0.1, 0.15) is 37.8 Å². The van der Waals surface area contributed by atoms with E-state index in [1.54, 1.807) is 12.4 Å². The third-order valence-corrected chi connectivity index (χ3v) is 5.07. The monoisotopic (exact) mass is 288 g/mol. The SMILES string of the molecule is C[C@H](NC(=O)[C@@H]1[C@@H]2CC[C@@H](C2)[C@@H]1C(=O)O)c1ccncc1. The highest BCUT2D eigenvalue weighted by Gasteiger charge is 2.54. The van der Waals surface area contributed by atoms with Crippen LogP contribution in [0.4, 0.5) is 0 Å². The highest BCUT2D eigenvalue weighted by atomic mass is 16.4. The van der Waals surface area contributed by atoms with Gasteiger partial charge < -0.3 is 10.4 Å². The Morgan fingerprint density at radius 2 is 1.86 bits per heavy atom. The van der Waals surface area contributed by atoms with Crippen LogP contribution in [-0.4, -0.2) is 22.0 Å². The summed E-state index contributed by atoms with van der Waals surface area (Å²) in [6.45, 7) is 1.91. The van der Waals surface area contributed by atoms with Gasteiger partial charge in [-0.2, -0.15) is 0 Å². The lowest BCUT2D eigenvalue weighted by Crippen LogP contribution is -2.42. The number of rotatable bonds is 4. The number of fused-ring (bicyclic) bond motifs is 2. The van der Waals surface area contributed by atoms with Crippen LogP contribution < -0.4 is 5.32 Å². The Morgan fingerprint density at radius 1 is 1.24 bits per heavy atom. The number of aromatic nitrogens is 1. The predicted octanol–water partition coefficient (Wildman–Crippen LogP) is 2.01. The molecule has 2 fully saturated rings. The maximum atomic E-state index is 12.5. The maximum Gasteiger partial charge on any atom is 0.307 e. The van der Waals surface area contributed by atoms with Gasteiger partial charge in [0, 0.05) is 12.4 Å². The van der Waals surface area contributed by atoms with Crippen molar-refractivity contribution in [3.05, 3.63) is 30.1 Å². The van der Waals surface area contributed by atoms with Crippen LogP contribution >= 0.6 is 0 Å². The van der Waals surface area contributed by atoms with E-state index in [2.05, 4.69) is 10.3 Å². The number of pyridine rings is 1. The molecule has 1 aromatic rings. The summed E-state index contributed by atoms with van der Waals surface area (Å²) in [5.41, 5.74) is 0.980. The number of nitrogens with one attached hydrogen (secondary N) is 1. The van der Waals surface area contributed by atoms with E-state index in [4.69, 9.17) is 0 Å². The summed E-state index contributed by atoms with van der Waals surface area (Å²) in [7, 11) is 0. The zero-order chi connectivity index (χ0) is 15.0. The van der Waals surface area contributed by atoms with Crippen molar-refractivity contribution in [1.82, 2.24) is 10.3 Å². The van der Waals surface area contributed by atoms with Gasteiger partial charge in [-0.25, -0.2) is 0 Å². The van der Waals surface area contributed by atoms with Crippen molar-refractivity contribution in [3.63, 3.8) is 0 Å². The van der Waals surface area contributed by atoms with Gasteiger partial charge in [-0.3, -0.25) is 14.6 Å². The molecule has 0 saturated heterocycles. The molecule has 3 rings (SSSR count). The van der Waals surface area contributed by atoms with Crippen LogP contribution in [0.2, 0.25) is 0 Å². The predicted molar refractivity (Wildman–Crippen MR) is 76.2 cm³/mol. The average molecular weight is 288 g/mol. The molecule has 2 bridgehead atoms. The van der Waals surface area contributed by atoms with Crippen LogP contribution in [0.3, 0.4) is 0 Å². The fraction of sp³-hybridized carbons (Fsp3) is 0.562. The molecule has 2 aliphatic carbocycles. The quantitative estimate of drug-likeness (QED) is 0.888. The fourth-order valence-corrected chi connectivity index (χ4v) is 4.07. The molecule has 0 aliphatic heterocycles. The number of aliphatic carboxylic acids is 1. The lowest BCUT2D eigenvalue weighted by atomic mass is 9.78. The Labute approximate surface area is 123 Å². The maximum absolute atomic E-state index is 12.5. The summed E-state index contributed by atoms with van der Waals surface area (Å²) < 4.78 is 0. The summed E-state index contributed by atoms with van der Waals surface area (Å²) in [4.78, 5) is 28.0. The van der Waals surface area contributed by atoms with Gasteiger partial charge in [0.25, 0.3) is 0 Å². The van der Waals surface area contributed by atoms with Crippen molar-refractivity contribution in [2.24, 2.45) is 23.7 Å². The van der Waals surface area contributed by atoms with Gasteiger partial charge in [0.1, 0.15) is 0 Å². The molecule has 0 radical (unpaired) electrons. The first kappa shape index (κ1) is 14.0. The molecular formula is C16H20N2O3. The molecule has 0 spiro atoms. The number of carboxylic acid groups (broad SMARTS) is 1. The second kappa shape index (κ2) is 5.47. The Morgan fingerprint density at radius 3 is 2.48 bits per heavy atom. The van der Waals surface area contributed by atoms with E-state index in [0.717, 1.165) is 24.8 Å². The number of hydrogen-bond acceptors (Lipinski definition) is 3. The Kier molecular flexibility index (Phi) is 3.66. The summed E-state index contributed by atoms with van der Waals surface area (Å²) >= 11 is 0. The molecule has 112 valence electrons. The van der Waals surface area contributed by atoms with Crippen molar-refractivity contribution in [2.45, 2.75) is 32.2 Å². The first-order valence-electron chi connectivity index (χ1n) is 7.51. The molecule has 2 saturated carbocycles. The van der Waals surface area contributed by atoms with Gasteiger partial charge in [0.2, 0.25) is 5.91 Å². The minimum Gasteiger partial charge on any atom is -0.481 e. The Hall–Kier alpha value is -1.91. The minimum absolute atomic E-state index is 0.112. The number of carbonyl (C=O) groups excluding carboxylic acids is 1. The molecule has 2 N–H and O–H groups in total. The van der Waals surface area contributed by atoms with E-state index < -0.39 is 11.9 Å². The highest BCUT2D eigenvalue weighted by molar-refractivity contribution is 5.86. The largest absolute Gasteiger partial charge is 0.481 e. The molecule has 1 aromatic heterocycles. The number of carboxylic acids is 1. The molecular weight excluding hydrogens is 268 g/mol. The van der Waals surface area contributed by atoms with Crippen LogP contribution in [0.15, 0.2) is 24.5 Å². The first-order chi connectivity index (χ1) is 10.1. The van der Waals surface area contributed by atoms with E-state index in [0.29, 0.717) is 0 Å². The molecule has 2 aliphatic rings. The van der Waals surface area contributed by atoms with E-state index in [9.17, 15) is 14.7 Å². The number of carbonyl (C=O) groups is 2. The van der Waals surface area contributed by atoms with Gasteiger partial charge in [0.15, 0.2) is 0 Å². The molecule has 5 heteroatoms. The first-order valence-corrected chi connectivity index (χ1v) is 7.51. The summed E-state index contributed by atoms with van der Waals surface area (Å²) in [5, 5.41) is 12.4. The summed E-state index contributed by atoms with van der Waals surface area (Å²) in [6.07, 6.45) is 6.20. The van der Waals surface area contributed by atoms with Gasteiger partial charge in [-0.1, -0.05) is 0 Å². The van der Waals surface area contributed by atoms with E-state index >= 15 is 0 Å². The molecule has 5 nitrogen and oxygen atoms in total. The van der Waals surface area contributed by atoms with E-state index in [1.807, 2.05) is 19.1 Å². The standard InChI is InChI=1S/C16H20N2O3/c1-9(10-4-6-17-7-5-10)18-15(19)13-11-2-3-12(8-11)14(13)16(20)21/h4-7,9,11-14H,2-3,8H2,1H3,(H,18,19)(H,20,21)/t9-,11+,12-,13+,14-/m0/s1. The van der Waals surface area contributed by atoms with Crippen LogP contribution in [0.25, 0.3) is 0 Å². The smallest absolute Gasteiger partial charge is 0.307 e. The van der Waals surface area contributed by atoms with Crippen molar-refractivity contribution in [1.29, 1.82) is 0 Å². The minimum atomic E-state index is -0.820. The van der Waals surface area contributed by atoms with E-state index in [1.165, 1.54) is 0 Å². The Balaban J connectivity index is 1.72. The van der Waals surface area contributed by atoms with Crippen LogP contribution in [0.5, 0.6) is 0 Å². The topological polar surface area (TPSA) is 79.3 Å². The van der Waals surface area contributed by atoms with Gasteiger partial charge >= 0.3 is 5.97 Å². The second-order valence-corrected chi connectivity index (χ2v) is 6.23. The lowest BCUT2D eigenvalue weighted by Gasteiger charge is -2.28. The normalized spacial score (nSPS) is 31.9. The molecule has 0 aromatic carbocycles.